The van der Waals surface area contributed by atoms with E-state index in [0.29, 0.717) is 21.7 Å². The molecule has 1 aromatic carbocycles. The number of anilines is 3. The zero-order valence-electron chi connectivity index (χ0n) is 11.2. The first-order chi connectivity index (χ1) is 9.74. The molecule has 1 heterocycles. The van der Waals surface area contributed by atoms with Crippen LogP contribution in [0.15, 0.2) is 28.9 Å². The Morgan fingerprint density at radius 1 is 1.29 bits per heavy atom. The molecule has 9 heteroatoms. The van der Waals surface area contributed by atoms with Gasteiger partial charge in [0.2, 0.25) is 15.3 Å². The molecule has 0 amide bonds. The number of sulfonamides is 1. The summed E-state index contributed by atoms with van der Waals surface area (Å²) in [5, 5.41) is 3.12. The molecule has 0 unspecified atom stereocenters. The first-order valence-corrected chi connectivity index (χ1v) is 8.84. The van der Waals surface area contributed by atoms with E-state index in [4.69, 9.17) is 11.6 Å². The molecule has 112 valence electrons. The van der Waals surface area contributed by atoms with Gasteiger partial charge in [-0.15, -0.1) is 0 Å². The van der Waals surface area contributed by atoms with Gasteiger partial charge in [-0.2, -0.15) is 4.98 Å². The lowest BCUT2D eigenvalue weighted by atomic mass is 10.2. The number of hydrogen-bond acceptors (Lipinski definition) is 5. The second kappa shape index (κ2) is 6.17. The van der Waals surface area contributed by atoms with E-state index < -0.39 is 10.0 Å². The van der Waals surface area contributed by atoms with Gasteiger partial charge in [0.1, 0.15) is 5.82 Å². The van der Waals surface area contributed by atoms with Gasteiger partial charge in [-0.1, -0.05) is 6.07 Å². The first kappa shape index (κ1) is 16.0. The van der Waals surface area contributed by atoms with Gasteiger partial charge in [0.25, 0.3) is 0 Å². The molecule has 0 atom stereocenters. The first-order valence-electron chi connectivity index (χ1n) is 5.78. The van der Waals surface area contributed by atoms with Gasteiger partial charge in [0, 0.05) is 6.20 Å². The molecule has 0 bridgehead atoms. The van der Waals surface area contributed by atoms with E-state index in [9.17, 15) is 8.42 Å². The molecule has 2 rings (SSSR count). The van der Waals surface area contributed by atoms with Crippen LogP contribution in [0.2, 0.25) is 5.28 Å². The van der Waals surface area contributed by atoms with Crippen LogP contribution < -0.4 is 10.0 Å². The predicted octanol–water partition coefficient (Wildman–Crippen LogP) is 3.32. The molecule has 21 heavy (non-hydrogen) atoms. The predicted molar refractivity (Wildman–Crippen MR) is 87.7 cm³/mol. The lowest BCUT2D eigenvalue weighted by Crippen LogP contribution is -2.11. The number of aromatic nitrogens is 2. The molecule has 0 aliphatic rings. The molecule has 1 aromatic heterocycles. The highest BCUT2D eigenvalue weighted by molar-refractivity contribution is 9.10. The second-order valence-corrected chi connectivity index (χ2v) is 7.32. The van der Waals surface area contributed by atoms with Gasteiger partial charge in [-0.3, -0.25) is 4.72 Å². The molecule has 0 aliphatic carbocycles. The minimum absolute atomic E-state index is 0.0889. The summed E-state index contributed by atoms with van der Waals surface area (Å²) in [6.07, 6.45) is 2.60. The molecule has 0 spiro atoms. The average Bonchev–Trinajstić information content (AvgIpc) is 2.36. The van der Waals surface area contributed by atoms with Gasteiger partial charge >= 0.3 is 0 Å². The van der Waals surface area contributed by atoms with Crippen molar-refractivity contribution in [3.8, 4) is 0 Å². The van der Waals surface area contributed by atoms with Crippen LogP contribution in [0.1, 0.15) is 5.56 Å². The van der Waals surface area contributed by atoms with E-state index in [1.165, 1.54) is 6.20 Å². The number of nitrogens with zero attached hydrogens (tertiary/aromatic N) is 2. The average molecular weight is 392 g/mol. The van der Waals surface area contributed by atoms with Crippen LogP contribution in [0.25, 0.3) is 0 Å². The summed E-state index contributed by atoms with van der Waals surface area (Å²) in [5.41, 5.74) is 1.95. The van der Waals surface area contributed by atoms with Crippen LogP contribution in [0.5, 0.6) is 0 Å². The van der Waals surface area contributed by atoms with Gasteiger partial charge < -0.3 is 5.32 Å². The number of nitrogens with one attached hydrogen (secondary N) is 2. The van der Waals surface area contributed by atoms with E-state index in [1.54, 1.807) is 18.2 Å². The molecule has 2 N–H and O–H groups in total. The Hall–Kier alpha value is -1.38. The lowest BCUT2D eigenvalue weighted by molar-refractivity contribution is 0.607. The molecule has 0 aliphatic heterocycles. The van der Waals surface area contributed by atoms with Crippen molar-refractivity contribution >= 4 is 54.7 Å². The zero-order chi connectivity index (χ0) is 15.6. The van der Waals surface area contributed by atoms with E-state index >= 15 is 0 Å². The van der Waals surface area contributed by atoms with Crippen molar-refractivity contribution in [3.63, 3.8) is 0 Å². The number of aryl methyl sites for hydroxylation is 1. The Balaban J connectivity index is 2.43. The van der Waals surface area contributed by atoms with E-state index in [1.807, 2.05) is 6.92 Å². The third-order valence-electron chi connectivity index (χ3n) is 2.44. The summed E-state index contributed by atoms with van der Waals surface area (Å²) in [7, 11) is -3.38. The van der Waals surface area contributed by atoms with Gasteiger partial charge in [0.15, 0.2) is 0 Å². The Bertz CT molecular complexity index is 783. The topological polar surface area (TPSA) is 84.0 Å². The Morgan fingerprint density at radius 2 is 2.00 bits per heavy atom. The molecule has 2 aromatic rings. The Kier molecular flexibility index (Phi) is 4.70. The van der Waals surface area contributed by atoms with Crippen molar-refractivity contribution in [2.75, 3.05) is 16.3 Å². The standard InChI is InChI=1S/C12H12BrClN4O2S/c1-7-3-4-9(18-21(2,19)20)10(5-7)16-11-8(13)6-15-12(14)17-11/h3-6,18H,1-2H3,(H,15,16,17). The molecular formula is C12H12BrClN4O2S. The summed E-state index contributed by atoms with van der Waals surface area (Å²) in [6, 6.07) is 5.28. The summed E-state index contributed by atoms with van der Waals surface area (Å²) in [5.74, 6) is 0.442. The van der Waals surface area contributed by atoms with Gasteiger partial charge in [0.05, 0.1) is 22.1 Å². The SMILES string of the molecule is Cc1ccc(NS(C)(=O)=O)c(Nc2nc(Cl)ncc2Br)c1. The minimum atomic E-state index is -3.38. The van der Waals surface area contributed by atoms with Crippen molar-refractivity contribution in [3.05, 3.63) is 39.7 Å². The minimum Gasteiger partial charge on any atom is -0.337 e. The van der Waals surface area contributed by atoms with Crippen LogP contribution >= 0.6 is 27.5 Å². The highest BCUT2D eigenvalue weighted by Crippen LogP contribution is 2.30. The summed E-state index contributed by atoms with van der Waals surface area (Å²) in [6.45, 7) is 1.90. The van der Waals surface area contributed by atoms with E-state index in [-0.39, 0.29) is 5.28 Å². The molecule has 0 fully saturated rings. The van der Waals surface area contributed by atoms with Crippen molar-refractivity contribution in [1.82, 2.24) is 9.97 Å². The van der Waals surface area contributed by atoms with Crippen molar-refractivity contribution in [2.45, 2.75) is 6.92 Å². The van der Waals surface area contributed by atoms with Crippen molar-refractivity contribution in [1.29, 1.82) is 0 Å². The third-order valence-corrected chi connectivity index (χ3v) is 3.79. The second-order valence-electron chi connectivity index (χ2n) is 4.38. The maximum Gasteiger partial charge on any atom is 0.229 e. The fourth-order valence-corrected chi connectivity index (χ4v) is 2.61. The fraction of sp³-hybridized carbons (Fsp3) is 0.167. The number of rotatable bonds is 4. The van der Waals surface area contributed by atoms with Gasteiger partial charge in [-0.05, 0) is 52.2 Å². The summed E-state index contributed by atoms with van der Waals surface area (Å²) >= 11 is 9.07. The van der Waals surface area contributed by atoms with Crippen LogP contribution in [-0.4, -0.2) is 24.6 Å². The Labute approximate surface area is 136 Å². The molecular weight excluding hydrogens is 380 g/mol. The quantitative estimate of drug-likeness (QED) is 0.781. The fourth-order valence-electron chi connectivity index (χ4n) is 1.61. The molecule has 0 saturated heterocycles. The number of hydrogen-bond donors (Lipinski definition) is 2. The van der Waals surface area contributed by atoms with E-state index in [2.05, 4.69) is 35.9 Å². The Morgan fingerprint density at radius 3 is 2.67 bits per heavy atom. The molecule has 6 nitrogen and oxygen atoms in total. The number of halogens is 2. The molecule has 0 radical (unpaired) electrons. The van der Waals surface area contributed by atoms with Crippen LogP contribution in [0.4, 0.5) is 17.2 Å². The maximum atomic E-state index is 11.4. The van der Waals surface area contributed by atoms with Crippen molar-refractivity contribution in [2.24, 2.45) is 0 Å². The zero-order valence-corrected chi connectivity index (χ0v) is 14.3. The van der Waals surface area contributed by atoms with Crippen LogP contribution in [-0.2, 0) is 10.0 Å². The third kappa shape index (κ3) is 4.55. The van der Waals surface area contributed by atoms with Crippen LogP contribution in [0, 0.1) is 6.92 Å². The smallest absolute Gasteiger partial charge is 0.229 e. The largest absolute Gasteiger partial charge is 0.337 e. The number of benzene rings is 1. The highest BCUT2D eigenvalue weighted by atomic mass is 79.9. The van der Waals surface area contributed by atoms with E-state index in [0.717, 1.165) is 11.8 Å². The highest BCUT2D eigenvalue weighted by Gasteiger charge is 2.11. The summed E-state index contributed by atoms with van der Waals surface area (Å²) < 4.78 is 25.9. The summed E-state index contributed by atoms with van der Waals surface area (Å²) in [4.78, 5) is 7.89. The maximum absolute atomic E-state index is 11.4. The van der Waals surface area contributed by atoms with Crippen molar-refractivity contribution < 1.29 is 8.42 Å². The van der Waals surface area contributed by atoms with Crippen LogP contribution in [0.3, 0.4) is 0 Å². The molecule has 0 saturated carbocycles. The lowest BCUT2D eigenvalue weighted by Gasteiger charge is -2.14. The monoisotopic (exact) mass is 390 g/mol. The normalized spacial score (nSPS) is 11.2. The van der Waals surface area contributed by atoms with Gasteiger partial charge in [-0.25, -0.2) is 13.4 Å².